The Bertz CT molecular complexity index is 1320. The number of para-hydroxylation sites is 1. The number of nitrogens with zero attached hydrogens (tertiary/aromatic N) is 3. The molecule has 0 radical (unpaired) electrons. The van der Waals surface area contributed by atoms with Gasteiger partial charge >= 0.3 is 0 Å². The molecule has 28 heavy (non-hydrogen) atoms. The SMILES string of the molecule is NC(=O)c1cnn2ccc3c2c1-c1ccccc1N=C3c1ccc(O)c(Br)c1. The van der Waals surface area contributed by atoms with Gasteiger partial charge in [0.05, 0.1) is 33.1 Å². The third-order valence-electron chi connectivity index (χ3n) is 4.83. The normalized spacial score (nSPS) is 12.4. The highest BCUT2D eigenvalue weighted by Crippen LogP contribution is 2.41. The Morgan fingerprint density at radius 1 is 1.11 bits per heavy atom. The second-order valence-corrected chi connectivity index (χ2v) is 7.32. The number of rotatable bonds is 2. The van der Waals surface area contributed by atoms with Crippen LogP contribution >= 0.6 is 15.9 Å². The summed E-state index contributed by atoms with van der Waals surface area (Å²) in [5.41, 5.74) is 11.4. The van der Waals surface area contributed by atoms with E-state index in [1.54, 1.807) is 16.6 Å². The zero-order valence-electron chi connectivity index (χ0n) is 14.4. The summed E-state index contributed by atoms with van der Waals surface area (Å²) in [6.45, 7) is 0. The molecule has 0 fully saturated rings. The molecule has 136 valence electrons. The molecule has 0 spiro atoms. The topological polar surface area (TPSA) is 93.0 Å². The van der Waals surface area contributed by atoms with E-state index in [-0.39, 0.29) is 5.75 Å². The molecule has 1 aliphatic heterocycles. The number of primary amides is 1. The fourth-order valence-corrected chi connectivity index (χ4v) is 3.95. The van der Waals surface area contributed by atoms with Crippen molar-refractivity contribution in [3.63, 3.8) is 0 Å². The summed E-state index contributed by atoms with van der Waals surface area (Å²) < 4.78 is 2.30. The van der Waals surface area contributed by atoms with E-state index in [2.05, 4.69) is 21.0 Å². The van der Waals surface area contributed by atoms with Crippen LogP contribution in [0.25, 0.3) is 16.6 Å². The number of amides is 1. The molecule has 5 rings (SSSR count). The Morgan fingerprint density at radius 2 is 1.93 bits per heavy atom. The van der Waals surface area contributed by atoms with Crippen molar-refractivity contribution in [1.29, 1.82) is 0 Å². The number of phenolic OH excluding ortho intramolecular Hbond substituents is 1. The van der Waals surface area contributed by atoms with Crippen molar-refractivity contribution in [2.24, 2.45) is 10.7 Å². The van der Waals surface area contributed by atoms with Gasteiger partial charge in [-0.2, -0.15) is 5.10 Å². The molecule has 0 saturated heterocycles. The van der Waals surface area contributed by atoms with E-state index in [4.69, 9.17) is 10.7 Å². The summed E-state index contributed by atoms with van der Waals surface area (Å²) >= 11 is 3.37. The maximum absolute atomic E-state index is 12.1. The molecule has 0 saturated carbocycles. The minimum absolute atomic E-state index is 0.151. The fourth-order valence-electron chi connectivity index (χ4n) is 3.57. The number of hydrogen-bond donors (Lipinski definition) is 2. The van der Waals surface area contributed by atoms with Gasteiger partial charge in [0.1, 0.15) is 5.75 Å². The van der Waals surface area contributed by atoms with Crippen molar-refractivity contribution in [1.82, 2.24) is 9.61 Å². The third-order valence-corrected chi connectivity index (χ3v) is 5.47. The average Bonchev–Trinajstić information content (AvgIpc) is 3.05. The van der Waals surface area contributed by atoms with E-state index in [0.717, 1.165) is 39.2 Å². The summed E-state index contributed by atoms with van der Waals surface area (Å²) in [7, 11) is 0. The van der Waals surface area contributed by atoms with Gasteiger partial charge < -0.3 is 10.8 Å². The number of nitrogens with two attached hydrogens (primary N) is 1. The van der Waals surface area contributed by atoms with Crippen LogP contribution in [0.2, 0.25) is 0 Å². The Kier molecular flexibility index (Phi) is 3.60. The molecule has 0 unspecified atom stereocenters. The highest BCUT2D eigenvalue weighted by molar-refractivity contribution is 9.10. The Hall–Kier alpha value is -3.45. The number of phenols is 1. The zero-order chi connectivity index (χ0) is 19.4. The predicted molar refractivity (Wildman–Crippen MR) is 110 cm³/mol. The van der Waals surface area contributed by atoms with Crippen molar-refractivity contribution in [3.05, 3.63) is 82.1 Å². The van der Waals surface area contributed by atoms with Gasteiger partial charge in [0.25, 0.3) is 5.91 Å². The average molecular weight is 433 g/mol. The van der Waals surface area contributed by atoms with E-state index < -0.39 is 5.91 Å². The standard InChI is InChI=1S/C21H13BrN4O2/c22-15-9-11(5-6-17(15)27)19-13-7-8-26-20(13)18(14(10-24-26)21(23)28)12-3-1-2-4-16(12)25-19/h1-10,27H,(H2,23,28). The predicted octanol–water partition coefficient (Wildman–Crippen LogP) is 4.05. The lowest BCUT2D eigenvalue weighted by molar-refractivity contribution is 0.100. The van der Waals surface area contributed by atoms with Gasteiger partial charge in [-0.15, -0.1) is 0 Å². The minimum atomic E-state index is -0.539. The lowest BCUT2D eigenvalue weighted by Gasteiger charge is -2.10. The Balaban J connectivity index is 1.93. The summed E-state index contributed by atoms with van der Waals surface area (Å²) in [6, 6.07) is 14.8. The zero-order valence-corrected chi connectivity index (χ0v) is 16.0. The molecule has 3 heterocycles. The smallest absolute Gasteiger partial charge is 0.251 e. The van der Waals surface area contributed by atoms with Crippen molar-refractivity contribution in [3.8, 4) is 16.9 Å². The van der Waals surface area contributed by atoms with Crippen LogP contribution in [0.4, 0.5) is 5.69 Å². The maximum atomic E-state index is 12.1. The highest BCUT2D eigenvalue weighted by atomic mass is 79.9. The summed E-state index contributed by atoms with van der Waals surface area (Å²) in [5.74, 6) is -0.388. The Labute approximate surface area is 168 Å². The van der Waals surface area contributed by atoms with Gasteiger partial charge in [-0.05, 0) is 46.3 Å². The van der Waals surface area contributed by atoms with Crippen molar-refractivity contribution in [2.75, 3.05) is 0 Å². The molecular weight excluding hydrogens is 420 g/mol. The summed E-state index contributed by atoms with van der Waals surface area (Å²) in [5, 5.41) is 14.2. The van der Waals surface area contributed by atoms with Gasteiger partial charge in [0.2, 0.25) is 0 Å². The third kappa shape index (κ3) is 2.36. The largest absolute Gasteiger partial charge is 0.507 e. The Morgan fingerprint density at radius 3 is 2.71 bits per heavy atom. The first-order valence-corrected chi connectivity index (χ1v) is 9.31. The van der Waals surface area contributed by atoms with Gasteiger partial charge in [0.15, 0.2) is 0 Å². The molecule has 0 atom stereocenters. The first-order chi connectivity index (χ1) is 13.5. The molecule has 2 aromatic heterocycles. The summed E-state index contributed by atoms with van der Waals surface area (Å²) in [6.07, 6.45) is 3.32. The molecule has 6 nitrogen and oxygen atoms in total. The molecular formula is C21H13BrN4O2. The van der Waals surface area contributed by atoms with Crippen LogP contribution < -0.4 is 5.73 Å². The highest BCUT2D eigenvalue weighted by Gasteiger charge is 2.25. The van der Waals surface area contributed by atoms with Crippen LogP contribution in [0.15, 0.2) is 70.4 Å². The fraction of sp³-hybridized carbons (Fsp3) is 0. The number of aromatic nitrogens is 2. The van der Waals surface area contributed by atoms with Crippen LogP contribution in [-0.4, -0.2) is 26.3 Å². The van der Waals surface area contributed by atoms with Gasteiger partial charge in [-0.1, -0.05) is 18.2 Å². The lowest BCUT2D eigenvalue weighted by atomic mass is 9.96. The van der Waals surface area contributed by atoms with Crippen molar-refractivity contribution >= 4 is 38.8 Å². The minimum Gasteiger partial charge on any atom is -0.507 e. The molecule has 1 aliphatic rings. The first-order valence-electron chi connectivity index (χ1n) is 8.52. The number of hydrogen-bond acceptors (Lipinski definition) is 4. The van der Waals surface area contributed by atoms with Gasteiger partial charge in [-0.3, -0.25) is 4.79 Å². The van der Waals surface area contributed by atoms with Gasteiger partial charge in [0, 0.05) is 28.5 Å². The van der Waals surface area contributed by atoms with Crippen LogP contribution in [0.5, 0.6) is 5.75 Å². The monoisotopic (exact) mass is 432 g/mol. The second kappa shape index (κ2) is 6.03. The summed E-state index contributed by atoms with van der Waals surface area (Å²) in [4.78, 5) is 17.1. The van der Waals surface area contributed by atoms with Crippen LogP contribution in [-0.2, 0) is 0 Å². The number of halogens is 1. The maximum Gasteiger partial charge on any atom is 0.251 e. The van der Waals surface area contributed by atoms with Gasteiger partial charge in [-0.25, -0.2) is 9.51 Å². The lowest BCUT2D eigenvalue weighted by Crippen LogP contribution is -2.14. The number of aliphatic imine (C=N–C) groups is 1. The number of aromatic hydroxyl groups is 1. The molecule has 7 heteroatoms. The molecule has 0 aliphatic carbocycles. The molecule has 0 bridgehead atoms. The van der Waals surface area contributed by atoms with E-state index in [0.29, 0.717) is 10.0 Å². The second-order valence-electron chi connectivity index (χ2n) is 6.46. The van der Waals surface area contributed by atoms with Crippen LogP contribution in [0.1, 0.15) is 21.5 Å². The molecule has 4 aromatic rings. The number of carbonyl (C=O) groups excluding carboxylic acids is 1. The van der Waals surface area contributed by atoms with Crippen molar-refractivity contribution < 1.29 is 9.90 Å². The first kappa shape index (κ1) is 16.7. The van der Waals surface area contributed by atoms with Crippen molar-refractivity contribution in [2.45, 2.75) is 0 Å². The van der Waals surface area contributed by atoms with Crippen LogP contribution in [0, 0.1) is 0 Å². The van der Waals surface area contributed by atoms with E-state index in [1.807, 2.05) is 42.6 Å². The molecule has 1 amide bonds. The number of fused-ring (bicyclic) bond motifs is 2. The number of benzene rings is 2. The quantitative estimate of drug-likeness (QED) is 0.440. The van der Waals surface area contributed by atoms with E-state index >= 15 is 0 Å². The number of carbonyl (C=O) groups is 1. The molecule has 3 N–H and O–H groups in total. The van der Waals surface area contributed by atoms with E-state index in [1.165, 1.54) is 6.20 Å². The van der Waals surface area contributed by atoms with Crippen LogP contribution in [0.3, 0.4) is 0 Å². The van der Waals surface area contributed by atoms with E-state index in [9.17, 15) is 9.90 Å². The molecule has 2 aromatic carbocycles.